The Morgan fingerprint density at radius 2 is 1.87 bits per heavy atom. The number of phenols is 1. The number of hydrogen-bond acceptors (Lipinski definition) is 3. The van der Waals surface area contributed by atoms with Crippen LogP contribution in [0.15, 0.2) is 12.1 Å². The van der Waals surface area contributed by atoms with Crippen molar-refractivity contribution in [1.82, 2.24) is 0 Å². The van der Waals surface area contributed by atoms with Gasteiger partial charge in [-0.25, -0.2) is 0 Å². The highest BCUT2D eigenvalue weighted by molar-refractivity contribution is 6.37. The molecule has 0 aliphatic carbocycles. The maximum absolute atomic E-state index is 10.5. The first-order chi connectivity index (χ1) is 6.91. The second-order valence-electron chi connectivity index (χ2n) is 3.06. The fraction of sp³-hybridized carbons (Fsp3) is 0.222. The highest BCUT2D eigenvalue weighted by Gasteiger charge is 2.14. The molecule has 1 rings (SSSR count). The van der Waals surface area contributed by atoms with Crippen molar-refractivity contribution in [2.24, 2.45) is 5.73 Å². The van der Waals surface area contributed by atoms with Crippen LogP contribution in [0.5, 0.6) is 5.75 Å². The summed E-state index contributed by atoms with van der Waals surface area (Å²) in [6.45, 7) is 0. The van der Waals surface area contributed by atoms with E-state index < -0.39 is 12.0 Å². The lowest BCUT2D eigenvalue weighted by atomic mass is 10.1. The molecule has 1 aromatic carbocycles. The van der Waals surface area contributed by atoms with E-state index in [9.17, 15) is 9.90 Å². The van der Waals surface area contributed by atoms with Gasteiger partial charge < -0.3 is 15.9 Å². The van der Waals surface area contributed by atoms with Gasteiger partial charge in [-0.3, -0.25) is 4.79 Å². The summed E-state index contributed by atoms with van der Waals surface area (Å²) < 4.78 is 0. The van der Waals surface area contributed by atoms with Gasteiger partial charge in [0.15, 0.2) is 5.75 Å². The van der Waals surface area contributed by atoms with E-state index in [-0.39, 0.29) is 22.2 Å². The average Bonchev–Trinajstić information content (AvgIpc) is 2.13. The lowest BCUT2D eigenvalue weighted by molar-refractivity contribution is -0.138. The third kappa shape index (κ3) is 2.99. The molecule has 0 unspecified atom stereocenters. The Bertz CT molecular complexity index is 372. The standard InChI is InChI=1S/C9H9Cl2NO3/c10-5-1-4(2-6(11)8(5)13)3-7(12)9(14)15/h1-2,7,13H,3,12H2,(H,14,15)/t7-/m0/s1. The topological polar surface area (TPSA) is 83.5 Å². The summed E-state index contributed by atoms with van der Waals surface area (Å²) in [5, 5.41) is 18.0. The molecule has 0 fully saturated rings. The Labute approximate surface area is 96.2 Å². The number of hydrogen-bond donors (Lipinski definition) is 3. The van der Waals surface area contributed by atoms with Crippen LogP contribution < -0.4 is 5.73 Å². The van der Waals surface area contributed by atoms with Crippen LogP contribution in [0.25, 0.3) is 0 Å². The van der Waals surface area contributed by atoms with Crippen LogP contribution in [-0.2, 0) is 11.2 Å². The molecule has 0 saturated heterocycles. The average molecular weight is 250 g/mol. The second kappa shape index (κ2) is 4.70. The van der Waals surface area contributed by atoms with Gasteiger partial charge in [0.25, 0.3) is 0 Å². The molecule has 0 aliphatic rings. The van der Waals surface area contributed by atoms with Crippen molar-refractivity contribution in [1.29, 1.82) is 0 Å². The van der Waals surface area contributed by atoms with E-state index in [0.29, 0.717) is 5.56 Å². The van der Waals surface area contributed by atoms with E-state index in [1.807, 2.05) is 0 Å². The highest BCUT2D eigenvalue weighted by Crippen LogP contribution is 2.32. The summed E-state index contributed by atoms with van der Waals surface area (Å²) in [5.41, 5.74) is 5.91. The summed E-state index contributed by atoms with van der Waals surface area (Å²) in [5.74, 6) is -1.32. The van der Waals surface area contributed by atoms with Gasteiger partial charge in [-0.1, -0.05) is 23.2 Å². The Hall–Kier alpha value is -0.970. The molecule has 6 heteroatoms. The van der Waals surface area contributed by atoms with Crippen molar-refractivity contribution in [3.05, 3.63) is 27.7 Å². The Morgan fingerprint density at radius 3 is 2.27 bits per heavy atom. The zero-order valence-electron chi connectivity index (χ0n) is 7.58. The molecule has 1 aromatic rings. The van der Waals surface area contributed by atoms with Gasteiger partial charge in [0, 0.05) is 0 Å². The van der Waals surface area contributed by atoms with Gasteiger partial charge in [-0.05, 0) is 24.1 Å². The highest BCUT2D eigenvalue weighted by atomic mass is 35.5. The van der Waals surface area contributed by atoms with Crippen molar-refractivity contribution in [2.45, 2.75) is 12.5 Å². The normalized spacial score (nSPS) is 12.5. The summed E-state index contributed by atoms with van der Waals surface area (Å²) in [6.07, 6.45) is 0.106. The molecule has 0 bridgehead atoms. The Balaban J connectivity index is 2.92. The summed E-state index contributed by atoms with van der Waals surface area (Å²) >= 11 is 11.3. The molecule has 1 atom stereocenters. The molecule has 0 aromatic heterocycles. The zero-order chi connectivity index (χ0) is 11.6. The number of carboxylic acids is 1. The lowest BCUT2D eigenvalue weighted by Crippen LogP contribution is -2.32. The fourth-order valence-corrected chi connectivity index (χ4v) is 1.61. The first-order valence-electron chi connectivity index (χ1n) is 4.07. The van der Waals surface area contributed by atoms with Gasteiger partial charge >= 0.3 is 5.97 Å². The molecule has 4 N–H and O–H groups in total. The van der Waals surface area contributed by atoms with Gasteiger partial charge in [-0.2, -0.15) is 0 Å². The predicted molar refractivity (Wildman–Crippen MR) is 57.4 cm³/mol. The first-order valence-corrected chi connectivity index (χ1v) is 4.82. The summed E-state index contributed by atoms with van der Waals surface area (Å²) in [7, 11) is 0. The SMILES string of the molecule is N[C@@H](Cc1cc(Cl)c(O)c(Cl)c1)C(=O)O. The number of rotatable bonds is 3. The Kier molecular flexibility index (Phi) is 3.79. The van der Waals surface area contributed by atoms with Crippen molar-refractivity contribution < 1.29 is 15.0 Å². The van der Waals surface area contributed by atoms with Crippen LogP contribution in [0.2, 0.25) is 10.0 Å². The predicted octanol–water partition coefficient (Wildman–Crippen LogP) is 1.65. The quantitative estimate of drug-likeness (QED) is 0.761. The van der Waals surface area contributed by atoms with Crippen molar-refractivity contribution >= 4 is 29.2 Å². The maximum atomic E-state index is 10.5. The van der Waals surface area contributed by atoms with Crippen LogP contribution in [0.1, 0.15) is 5.56 Å². The minimum absolute atomic E-state index is 0.0788. The molecule has 15 heavy (non-hydrogen) atoms. The van der Waals surface area contributed by atoms with Crippen molar-refractivity contribution in [2.75, 3.05) is 0 Å². The Morgan fingerprint density at radius 1 is 1.40 bits per heavy atom. The maximum Gasteiger partial charge on any atom is 0.320 e. The smallest absolute Gasteiger partial charge is 0.320 e. The number of benzene rings is 1. The molecule has 0 radical (unpaired) electrons. The van der Waals surface area contributed by atoms with E-state index in [1.54, 1.807) is 0 Å². The largest absolute Gasteiger partial charge is 0.505 e. The van der Waals surface area contributed by atoms with Crippen LogP contribution in [0.4, 0.5) is 0 Å². The number of phenolic OH excluding ortho intramolecular Hbond substituents is 1. The number of nitrogens with two attached hydrogens (primary N) is 1. The van der Waals surface area contributed by atoms with E-state index in [2.05, 4.69) is 0 Å². The van der Waals surface area contributed by atoms with Crippen LogP contribution >= 0.6 is 23.2 Å². The molecule has 82 valence electrons. The minimum atomic E-state index is -1.10. The molecule has 0 spiro atoms. The number of carbonyl (C=O) groups is 1. The van der Waals surface area contributed by atoms with Crippen LogP contribution in [0, 0.1) is 0 Å². The van der Waals surface area contributed by atoms with Gasteiger partial charge in [0.1, 0.15) is 6.04 Å². The lowest BCUT2D eigenvalue weighted by Gasteiger charge is -2.08. The van der Waals surface area contributed by atoms with E-state index in [0.717, 1.165) is 0 Å². The third-order valence-electron chi connectivity index (χ3n) is 1.85. The third-order valence-corrected chi connectivity index (χ3v) is 2.43. The molecule has 0 heterocycles. The van der Waals surface area contributed by atoms with Crippen LogP contribution in [-0.4, -0.2) is 22.2 Å². The van der Waals surface area contributed by atoms with Gasteiger partial charge in [-0.15, -0.1) is 0 Å². The minimum Gasteiger partial charge on any atom is -0.505 e. The fourth-order valence-electron chi connectivity index (χ4n) is 1.08. The molecule has 0 amide bonds. The summed E-state index contributed by atoms with van der Waals surface area (Å²) in [6, 6.07) is 1.86. The van der Waals surface area contributed by atoms with Gasteiger partial charge in [0.2, 0.25) is 0 Å². The van der Waals surface area contributed by atoms with E-state index in [4.69, 9.17) is 34.0 Å². The number of halogens is 2. The second-order valence-corrected chi connectivity index (χ2v) is 3.87. The van der Waals surface area contributed by atoms with E-state index >= 15 is 0 Å². The van der Waals surface area contributed by atoms with Crippen molar-refractivity contribution in [3.8, 4) is 5.75 Å². The molecular formula is C9H9Cl2NO3. The van der Waals surface area contributed by atoms with Crippen molar-refractivity contribution in [3.63, 3.8) is 0 Å². The van der Waals surface area contributed by atoms with Gasteiger partial charge in [0.05, 0.1) is 10.0 Å². The molecular weight excluding hydrogens is 241 g/mol. The monoisotopic (exact) mass is 249 g/mol. The molecule has 4 nitrogen and oxygen atoms in total. The number of carboxylic acid groups (broad SMARTS) is 1. The summed E-state index contributed by atoms with van der Waals surface area (Å²) in [4.78, 5) is 10.5. The first kappa shape index (κ1) is 12.1. The molecule has 0 saturated carbocycles. The van der Waals surface area contributed by atoms with Crippen LogP contribution in [0.3, 0.4) is 0 Å². The zero-order valence-corrected chi connectivity index (χ0v) is 9.09. The molecule has 0 aliphatic heterocycles. The van der Waals surface area contributed by atoms with E-state index in [1.165, 1.54) is 12.1 Å². The number of aromatic hydroxyl groups is 1. The number of aliphatic carboxylic acids is 1.